The maximum atomic E-state index is 12.7. The Balaban J connectivity index is 1.25. The summed E-state index contributed by atoms with van der Waals surface area (Å²) in [4.78, 5) is 24.8. The number of rotatable bonds is 5. The summed E-state index contributed by atoms with van der Waals surface area (Å²) in [5, 5.41) is 12.6. The molecule has 0 radical (unpaired) electrons. The molecule has 0 bridgehead atoms. The van der Waals surface area contributed by atoms with Gasteiger partial charge in [-0.05, 0) is 53.9 Å². The lowest BCUT2D eigenvalue weighted by atomic mass is 9.74. The molecule has 1 amide bonds. The van der Waals surface area contributed by atoms with Gasteiger partial charge < -0.3 is 19.9 Å². The molecule has 1 saturated heterocycles. The molecule has 2 aliphatic carbocycles. The van der Waals surface area contributed by atoms with Gasteiger partial charge in [-0.1, -0.05) is 67.8 Å². The van der Waals surface area contributed by atoms with Crippen molar-refractivity contribution >= 4 is 12.1 Å². The van der Waals surface area contributed by atoms with Gasteiger partial charge in [0.2, 0.25) is 0 Å². The van der Waals surface area contributed by atoms with E-state index in [0.29, 0.717) is 19.4 Å². The minimum atomic E-state index is -1.01. The Labute approximate surface area is 194 Å². The summed E-state index contributed by atoms with van der Waals surface area (Å²) in [6.07, 6.45) is 6.01. The first-order valence-electron chi connectivity index (χ1n) is 12.0. The summed E-state index contributed by atoms with van der Waals surface area (Å²) < 4.78 is 11.7. The zero-order valence-corrected chi connectivity index (χ0v) is 18.8. The van der Waals surface area contributed by atoms with Gasteiger partial charge in [0.25, 0.3) is 0 Å². The van der Waals surface area contributed by atoms with E-state index in [2.05, 4.69) is 29.6 Å². The zero-order chi connectivity index (χ0) is 22.8. The van der Waals surface area contributed by atoms with Crippen LogP contribution in [-0.4, -0.2) is 42.0 Å². The van der Waals surface area contributed by atoms with Crippen LogP contribution in [0.4, 0.5) is 4.79 Å². The van der Waals surface area contributed by atoms with Crippen LogP contribution in [0.1, 0.15) is 62.0 Å². The quantitative estimate of drug-likeness (QED) is 0.663. The molecule has 1 aliphatic heterocycles. The number of alkyl carbamates (subject to hydrolysis) is 1. The van der Waals surface area contributed by atoms with Gasteiger partial charge in [-0.15, -0.1) is 0 Å². The summed E-state index contributed by atoms with van der Waals surface area (Å²) >= 11 is 0. The fourth-order valence-corrected chi connectivity index (χ4v) is 6.04. The van der Waals surface area contributed by atoms with Gasteiger partial charge in [0.15, 0.2) is 0 Å². The smallest absolute Gasteiger partial charge is 0.407 e. The Bertz CT molecular complexity index is 978. The molecule has 174 valence electrons. The van der Waals surface area contributed by atoms with Crippen LogP contribution in [0.3, 0.4) is 0 Å². The zero-order valence-electron chi connectivity index (χ0n) is 18.8. The first-order valence-corrected chi connectivity index (χ1v) is 12.0. The number of carboxylic acids is 1. The molecule has 2 unspecified atom stereocenters. The SMILES string of the molecule is O=C(NC(C(=O)O)C1CCOC2(CCCCC2)C1)OCC1c2ccccc2-c2ccccc21. The van der Waals surface area contributed by atoms with Crippen molar-refractivity contribution in [2.24, 2.45) is 5.92 Å². The molecule has 1 spiro atoms. The molecule has 2 atom stereocenters. The monoisotopic (exact) mass is 449 g/mol. The van der Waals surface area contributed by atoms with E-state index in [0.717, 1.165) is 47.9 Å². The Kier molecular flexibility index (Phi) is 6.11. The molecular weight excluding hydrogens is 418 g/mol. The van der Waals surface area contributed by atoms with Gasteiger partial charge in [-0.2, -0.15) is 0 Å². The molecule has 6 nitrogen and oxygen atoms in total. The molecule has 2 fully saturated rings. The number of hydrogen-bond donors (Lipinski definition) is 2. The molecule has 6 heteroatoms. The first kappa shape index (κ1) is 22.0. The number of fused-ring (bicyclic) bond motifs is 3. The van der Waals surface area contributed by atoms with Crippen LogP contribution >= 0.6 is 0 Å². The number of amides is 1. The molecule has 33 heavy (non-hydrogen) atoms. The molecule has 0 aromatic heterocycles. The van der Waals surface area contributed by atoms with Crippen LogP contribution in [0.15, 0.2) is 48.5 Å². The van der Waals surface area contributed by atoms with Crippen molar-refractivity contribution in [1.29, 1.82) is 0 Å². The van der Waals surface area contributed by atoms with Crippen LogP contribution in [0.25, 0.3) is 11.1 Å². The lowest BCUT2D eigenvalue weighted by Gasteiger charge is -2.44. The van der Waals surface area contributed by atoms with E-state index in [1.807, 2.05) is 24.3 Å². The fourth-order valence-electron chi connectivity index (χ4n) is 6.04. The van der Waals surface area contributed by atoms with Crippen molar-refractivity contribution in [2.75, 3.05) is 13.2 Å². The highest BCUT2D eigenvalue weighted by atomic mass is 16.5. The van der Waals surface area contributed by atoms with E-state index in [1.54, 1.807) is 0 Å². The van der Waals surface area contributed by atoms with Gasteiger partial charge in [0, 0.05) is 12.5 Å². The van der Waals surface area contributed by atoms with Gasteiger partial charge in [-0.3, -0.25) is 0 Å². The number of ether oxygens (including phenoxy) is 2. The van der Waals surface area contributed by atoms with Crippen molar-refractivity contribution in [2.45, 2.75) is 62.5 Å². The van der Waals surface area contributed by atoms with Crippen molar-refractivity contribution in [1.82, 2.24) is 5.32 Å². The number of carbonyl (C=O) groups excluding carboxylic acids is 1. The fraction of sp³-hybridized carbons (Fsp3) is 0.481. The molecule has 1 heterocycles. The number of aliphatic carboxylic acids is 1. The lowest BCUT2D eigenvalue weighted by Crippen LogP contribution is -2.52. The molecule has 2 aromatic carbocycles. The largest absolute Gasteiger partial charge is 0.480 e. The predicted molar refractivity (Wildman–Crippen MR) is 124 cm³/mol. The van der Waals surface area contributed by atoms with Crippen LogP contribution in [-0.2, 0) is 14.3 Å². The van der Waals surface area contributed by atoms with Crippen LogP contribution < -0.4 is 5.32 Å². The van der Waals surface area contributed by atoms with E-state index in [4.69, 9.17) is 9.47 Å². The van der Waals surface area contributed by atoms with E-state index >= 15 is 0 Å². The van der Waals surface area contributed by atoms with E-state index in [-0.39, 0.29) is 24.0 Å². The summed E-state index contributed by atoms with van der Waals surface area (Å²) in [5.41, 5.74) is 4.35. The standard InChI is InChI=1S/C27H31NO5/c29-25(30)24(18-12-15-33-27(16-18)13-6-1-7-14-27)28-26(31)32-17-23-21-10-4-2-8-19(21)20-9-3-5-11-22(20)23/h2-5,8-11,18,23-24H,1,6-7,12-17H2,(H,28,31)(H,29,30). The van der Waals surface area contributed by atoms with Crippen molar-refractivity contribution in [3.8, 4) is 11.1 Å². The minimum Gasteiger partial charge on any atom is -0.480 e. The lowest BCUT2D eigenvalue weighted by molar-refractivity contribution is -0.148. The highest BCUT2D eigenvalue weighted by molar-refractivity contribution is 5.81. The highest BCUT2D eigenvalue weighted by Gasteiger charge is 2.43. The van der Waals surface area contributed by atoms with Crippen molar-refractivity contribution < 1.29 is 24.2 Å². The Hall–Kier alpha value is -2.86. The molecule has 1 saturated carbocycles. The van der Waals surface area contributed by atoms with Gasteiger partial charge >= 0.3 is 12.1 Å². The van der Waals surface area contributed by atoms with Crippen molar-refractivity contribution in [3.05, 3.63) is 59.7 Å². The van der Waals surface area contributed by atoms with Crippen LogP contribution in [0.5, 0.6) is 0 Å². The third-order valence-electron chi connectivity index (χ3n) is 7.65. The van der Waals surface area contributed by atoms with Gasteiger partial charge in [0.05, 0.1) is 5.60 Å². The number of benzene rings is 2. The van der Waals surface area contributed by atoms with E-state index in [9.17, 15) is 14.7 Å². The maximum Gasteiger partial charge on any atom is 0.407 e. The predicted octanol–water partition coefficient (Wildman–Crippen LogP) is 5.11. The number of carboxylic acid groups (broad SMARTS) is 1. The Morgan fingerprint density at radius 1 is 1.03 bits per heavy atom. The molecule has 5 rings (SSSR count). The first-order chi connectivity index (χ1) is 16.1. The summed E-state index contributed by atoms with van der Waals surface area (Å²) in [6, 6.07) is 15.3. The minimum absolute atomic E-state index is 0.0555. The Morgan fingerprint density at radius 2 is 1.67 bits per heavy atom. The van der Waals surface area contributed by atoms with Gasteiger partial charge in [-0.25, -0.2) is 9.59 Å². The molecule has 2 N–H and O–H groups in total. The molecular formula is C27H31NO5. The second kappa shape index (κ2) is 9.18. The van der Waals surface area contributed by atoms with E-state index in [1.165, 1.54) is 6.42 Å². The molecule has 2 aromatic rings. The maximum absolute atomic E-state index is 12.7. The highest BCUT2D eigenvalue weighted by Crippen LogP contribution is 2.45. The van der Waals surface area contributed by atoms with Crippen LogP contribution in [0, 0.1) is 5.92 Å². The molecule has 3 aliphatic rings. The van der Waals surface area contributed by atoms with Crippen molar-refractivity contribution in [3.63, 3.8) is 0 Å². The third-order valence-corrected chi connectivity index (χ3v) is 7.65. The number of carbonyl (C=O) groups is 2. The average molecular weight is 450 g/mol. The van der Waals surface area contributed by atoms with Gasteiger partial charge in [0.1, 0.15) is 12.6 Å². The third kappa shape index (κ3) is 4.36. The summed E-state index contributed by atoms with van der Waals surface area (Å²) in [6.45, 7) is 0.713. The summed E-state index contributed by atoms with van der Waals surface area (Å²) in [5.74, 6) is -1.23. The normalized spacial score (nSPS) is 22.2. The second-order valence-corrected chi connectivity index (χ2v) is 9.63. The number of nitrogens with one attached hydrogen (secondary N) is 1. The Morgan fingerprint density at radius 3 is 2.30 bits per heavy atom. The van der Waals surface area contributed by atoms with Crippen LogP contribution in [0.2, 0.25) is 0 Å². The summed E-state index contributed by atoms with van der Waals surface area (Å²) in [7, 11) is 0. The number of hydrogen-bond acceptors (Lipinski definition) is 4. The second-order valence-electron chi connectivity index (χ2n) is 9.63. The topological polar surface area (TPSA) is 84.9 Å². The average Bonchev–Trinajstić information content (AvgIpc) is 3.15. The van der Waals surface area contributed by atoms with E-state index < -0.39 is 18.1 Å².